The van der Waals surface area contributed by atoms with Gasteiger partial charge in [0.25, 0.3) is 0 Å². The quantitative estimate of drug-likeness (QED) is 0.923. The lowest BCUT2D eigenvalue weighted by atomic mass is 10.3. The number of hydrogen-bond acceptors (Lipinski definition) is 2. The predicted octanol–water partition coefficient (Wildman–Crippen LogP) is 3.45. The Morgan fingerprint density at radius 3 is 2.83 bits per heavy atom. The molecule has 2 rings (SSSR count). The normalized spacial score (nSPS) is 10.7. The minimum absolute atomic E-state index is 0.0232. The zero-order valence-corrected chi connectivity index (χ0v) is 10.5. The number of aromatic nitrogens is 2. The van der Waals surface area contributed by atoms with Gasteiger partial charge in [0.1, 0.15) is 5.82 Å². The van der Waals surface area contributed by atoms with Crippen molar-refractivity contribution in [1.29, 1.82) is 0 Å². The van der Waals surface area contributed by atoms with Gasteiger partial charge in [-0.1, -0.05) is 11.6 Å². The highest BCUT2D eigenvalue weighted by Crippen LogP contribution is 2.26. The first-order valence-corrected chi connectivity index (χ1v) is 5.87. The number of hydrogen-bond donors (Lipinski definition) is 1. The van der Waals surface area contributed by atoms with E-state index in [9.17, 15) is 8.78 Å². The van der Waals surface area contributed by atoms with E-state index in [1.165, 1.54) is 0 Å². The molecule has 3 nitrogen and oxygen atoms in total. The van der Waals surface area contributed by atoms with Gasteiger partial charge in [0.2, 0.25) is 0 Å². The van der Waals surface area contributed by atoms with Crippen LogP contribution in [0.2, 0.25) is 5.02 Å². The summed E-state index contributed by atoms with van der Waals surface area (Å²) in [6.45, 7) is 3.13. The molecule has 0 fully saturated rings. The molecule has 0 aliphatic carbocycles. The van der Waals surface area contributed by atoms with Crippen molar-refractivity contribution < 1.29 is 8.78 Å². The van der Waals surface area contributed by atoms with Crippen molar-refractivity contribution in [2.24, 2.45) is 0 Å². The summed E-state index contributed by atoms with van der Waals surface area (Å²) in [5, 5.41) is 2.87. The number of imidazole rings is 1. The standard InChI is InChI=1S/C12H12ClF2N3/c1-2-18-7-16-5-9(18)6-17-12-10(13)3-8(14)4-11(12)15/h3-5,7,17H,2,6H2,1H3. The van der Waals surface area contributed by atoms with Crippen LogP contribution in [0, 0.1) is 11.6 Å². The smallest absolute Gasteiger partial charge is 0.150 e. The Morgan fingerprint density at radius 1 is 1.39 bits per heavy atom. The maximum Gasteiger partial charge on any atom is 0.150 e. The van der Waals surface area contributed by atoms with Crippen molar-refractivity contribution in [1.82, 2.24) is 9.55 Å². The second kappa shape index (κ2) is 5.35. The second-order valence-corrected chi connectivity index (χ2v) is 4.18. The van der Waals surface area contributed by atoms with Crippen LogP contribution in [0.4, 0.5) is 14.5 Å². The Hall–Kier alpha value is -1.62. The minimum atomic E-state index is -0.706. The van der Waals surface area contributed by atoms with E-state index in [1.807, 2.05) is 11.5 Å². The lowest BCUT2D eigenvalue weighted by Crippen LogP contribution is -2.07. The number of rotatable bonds is 4. The molecule has 1 aromatic heterocycles. The summed E-state index contributed by atoms with van der Waals surface area (Å²) >= 11 is 5.78. The highest BCUT2D eigenvalue weighted by Gasteiger charge is 2.10. The molecule has 18 heavy (non-hydrogen) atoms. The first kappa shape index (κ1) is 12.8. The molecule has 1 heterocycles. The van der Waals surface area contributed by atoms with E-state index in [0.717, 1.165) is 24.4 Å². The van der Waals surface area contributed by atoms with Crippen molar-refractivity contribution in [2.75, 3.05) is 5.32 Å². The summed E-state index contributed by atoms with van der Waals surface area (Å²) in [6.07, 6.45) is 3.38. The molecule has 1 N–H and O–H groups in total. The van der Waals surface area contributed by atoms with Crippen LogP contribution in [-0.4, -0.2) is 9.55 Å². The van der Waals surface area contributed by atoms with E-state index in [4.69, 9.17) is 11.6 Å². The third-order valence-corrected chi connectivity index (χ3v) is 2.89. The van der Waals surface area contributed by atoms with Crippen LogP contribution >= 0.6 is 11.6 Å². The van der Waals surface area contributed by atoms with Crippen LogP contribution in [0.1, 0.15) is 12.6 Å². The predicted molar refractivity (Wildman–Crippen MR) is 66.6 cm³/mol. The lowest BCUT2D eigenvalue weighted by Gasteiger charge is -2.10. The maximum absolute atomic E-state index is 13.5. The molecule has 0 saturated carbocycles. The zero-order chi connectivity index (χ0) is 13.1. The molecule has 96 valence electrons. The first-order chi connectivity index (χ1) is 8.61. The third-order valence-electron chi connectivity index (χ3n) is 2.59. The van der Waals surface area contributed by atoms with E-state index >= 15 is 0 Å². The van der Waals surface area contributed by atoms with Crippen molar-refractivity contribution in [3.63, 3.8) is 0 Å². The Morgan fingerprint density at radius 2 is 2.17 bits per heavy atom. The number of nitrogens with one attached hydrogen (secondary N) is 1. The Kier molecular flexibility index (Phi) is 3.81. The fourth-order valence-electron chi connectivity index (χ4n) is 1.67. The maximum atomic E-state index is 13.5. The molecule has 0 atom stereocenters. The van der Waals surface area contributed by atoms with Gasteiger partial charge in [0, 0.05) is 18.8 Å². The van der Waals surface area contributed by atoms with Crippen molar-refractivity contribution >= 4 is 17.3 Å². The summed E-state index contributed by atoms with van der Waals surface area (Å²) in [6, 6.07) is 1.87. The Balaban J connectivity index is 2.16. The van der Waals surface area contributed by atoms with E-state index in [0.29, 0.717) is 6.54 Å². The van der Waals surface area contributed by atoms with Gasteiger partial charge >= 0.3 is 0 Å². The summed E-state index contributed by atoms with van der Waals surface area (Å²) in [5.74, 6) is -1.40. The summed E-state index contributed by atoms with van der Waals surface area (Å²) in [5.41, 5.74) is 0.999. The molecule has 0 aliphatic rings. The molecule has 0 unspecified atom stereocenters. The number of nitrogens with zero attached hydrogens (tertiary/aromatic N) is 2. The van der Waals surface area contributed by atoms with E-state index < -0.39 is 11.6 Å². The molecule has 0 amide bonds. The van der Waals surface area contributed by atoms with Gasteiger partial charge < -0.3 is 9.88 Å². The van der Waals surface area contributed by atoms with Crippen LogP contribution in [0.25, 0.3) is 0 Å². The molecular weight excluding hydrogens is 260 g/mol. The molecule has 0 bridgehead atoms. The average Bonchev–Trinajstić information content (AvgIpc) is 2.75. The van der Waals surface area contributed by atoms with Gasteiger partial charge in [-0.15, -0.1) is 0 Å². The molecular formula is C12H12ClF2N3. The molecule has 6 heteroatoms. The molecule has 2 aromatic rings. The van der Waals surface area contributed by atoms with E-state index in [1.54, 1.807) is 12.5 Å². The molecule has 0 saturated heterocycles. The summed E-state index contributed by atoms with van der Waals surface area (Å²) in [4.78, 5) is 4.00. The van der Waals surface area contributed by atoms with Crippen LogP contribution in [0.15, 0.2) is 24.7 Å². The largest absolute Gasteiger partial charge is 0.376 e. The highest BCUT2D eigenvalue weighted by atomic mass is 35.5. The summed E-state index contributed by atoms with van der Waals surface area (Å²) < 4.78 is 28.3. The van der Waals surface area contributed by atoms with Gasteiger partial charge in [0.15, 0.2) is 5.82 Å². The monoisotopic (exact) mass is 271 g/mol. The number of benzene rings is 1. The van der Waals surface area contributed by atoms with Gasteiger partial charge in [-0.25, -0.2) is 13.8 Å². The van der Waals surface area contributed by atoms with Crippen LogP contribution < -0.4 is 5.32 Å². The molecule has 0 aliphatic heterocycles. The van der Waals surface area contributed by atoms with Crippen molar-refractivity contribution in [3.8, 4) is 0 Å². The number of anilines is 1. The summed E-state index contributed by atoms with van der Waals surface area (Å²) in [7, 11) is 0. The van der Waals surface area contributed by atoms with Gasteiger partial charge in [-0.3, -0.25) is 0 Å². The number of halogens is 3. The van der Waals surface area contributed by atoms with Crippen molar-refractivity contribution in [2.45, 2.75) is 20.0 Å². The fraction of sp³-hybridized carbons (Fsp3) is 0.250. The number of aryl methyl sites for hydroxylation is 1. The third kappa shape index (κ3) is 2.61. The fourth-order valence-corrected chi connectivity index (χ4v) is 1.93. The molecule has 0 radical (unpaired) electrons. The Bertz CT molecular complexity index is 531. The zero-order valence-electron chi connectivity index (χ0n) is 9.75. The SMILES string of the molecule is CCn1cncc1CNc1c(F)cc(F)cc1Cl. The van der Waals surface area contributed by atoms with E-state index in [-0.39, 0.29) is 10.7 Å². The first-order valence-electron chi connectivity index (χ1n) is 5.49. The highest BCUT2D eigenvalue weighted by molar-refractivity contribution is 6.33. The Labute approximate surface area is 108 Å². The van der Waals surface area contributed by atoms with Gasteiger partial charge in [0.05, 0.1) is 29.3 Å². The molecule has 1 aromatic carbocycles. The van der Waals surface area contributed by atoms with Crippen LogP contribution in [-0.2, 0) is 13.1 Å². The lowest BCUT2D eigenvalue weighted by molar-refractivity contribution is 0.585. The van der Waals surface area contributed by atoms with Gasteiger partial charge in [-0.2, -0.15) is 0 Å². The molecule has 0 spiro atoms. The van der Waals surface area contributed by atoms with Crippen LogP contribution in [0.3, 0.4) is 0 Å². The van der Waals surface area contributed by atoms with Crippen molar-refractivity contribution in [3.05, 3.63) is 47.0 Å². The van der Waals surface area contributed by atoms with E-state index in [2.05, 4.69) is 10.3 Å². The average molecular weight is 272 g/mol. The topological polar surface area (TPSA) is 29.9 Å². The van der Waals surface area contributed by atoms with Crippen LogP contribution in [0.5, 0.6) is 0 Å². The second-order valence-electron chi connectivity index (χ2n) is 3.77. The minimum Gasteiger partial charge on any atom is -0.376 e. The van der Waals surface area contributed by atoms with Gasteiger partial charge in [-0.05, 0) is 13.0 Å².